The van der Waals surface area contributed by atoms with Gasteiger partial charge in [-0.1, -0.05) is 42.5 Å². The van der Waals surface area contributed by atoms with Gasteiger partial charge in [-0.3, -0.25) is 0 Å². The van der Waals surface area contributed by atoms with E-state index >= 15 is 0 Å². The van der Waals surface area contributed by atoms with Crippen LogP contribution in [0.2, 0.25) is 0 Å². The minimum Gasteiger partial charge on any atom is -0.0622 e. The van der Waals surface area contributed by atoms with E-state index in [1.165, 1.54) is 94.6 Å². The van der Waals surface area contributed by atoms with Crippen molar-refractivity contribution in [3.63, 3.8) is 0 Å². The van der Waals surface area contributed by atoms with Crippen molar-refractivity contribution in [3.05, 3.63) is 104 Å². The van der Waals surface area contributed by atoms with Crippen molar-refractivity contribution < 1.29 is 0 Å². The third kappa shape index (κ3) is 3.84. The molecular formula is C35H40. The molecule has 0 aromatic heterocycles. The summed E-state index contributed by atoms with van der Waals surface area (Å²) in [6.45, 7) is 25.2. The molecule has 0 heterocycles. The monoisotopic (exact) mass is 460 g/mol. The van der Waals surface area contributed by atoms with Crippen LogP contribution in [0.25, 0.3) is 33.4 Å². The summed E-state index contributed by atoms with van der Waals surface area (Å²) < 4.78 is 0. The highest BCUT2D eigenvalue weighted by Crippen LogP contribution is 2.45. The van der Waals surface area contributed by atoms with Crippen molar-refractivity contribution in [3.8, 4) is 33.4 Å². The number of hydrogen-bond donors (Lipinski definition) is 0. The molecule has 35 heavy (non-hydrogen) atoms. The largest absolute Gasteiger partial charge is 0.0622 e. The Hall–Kier alpha value is -3.12. The Morgan fingerprint density at radius 3 is 1.29 bits per heavy atom. The summed E-state index contributed by atoms with van der Waals surface area (Å²) in [5.41, 5.74) is 23.6. The van der Waals surface area contributed by atoms with Crippen molar-refractivity contribution in [2.24, 2.45) is 0 Å². The summed E-state index contributed by atoms with van der Waals surface area (Å²) in [7, 11) is 0. The highest BCUT2D eigenvalue weighted by molar-refractivity contribution is 5.90. The molecule has 0 radical (unpaired) electrons. The smallest absolute Gasteiger partial charge is 0.0111 e. The van der Waals surface area contributed by atoms with Crippen LogP contribution < -0.4 is 0 Å². The van der Waals surface area contributed by atoms with Gasteiger partial charge in [0, 0.05) is 0 Å². The lowest BCUT2D eigenvalue weighted by Gasteiger charge is -2.27. The number of aryl methyl sites for hydroxylation is 1. The fourth-order valence-electron chi connectivity index (χ4n) is 6.16. The van der Waals surface area contributed by atoms with Crippen molar-refractivity contribution in [2.45, 2.75) is 76.2 Å². The third-order valence-electron chi connectivity index (χ3n) is 8.88. The molecule has 0 N–H and O–H groups in total. The topological polar surface area (TPSA) is 0 Å². The first kappa shape index (κ1) is 25.0. The van der Waals surface area contributed by atoms with Crippen LogP contribution in [0, 0.1) is 76.2 Å². The zero-order valence-electron chi connectivity index (χ0n) is 23.5. The molecule has 0 nitrogen and oxygen atoms in total. The standard InChI is InChI=1S/C35H40/c1-19-17-18-31(28(10)32(19)30-15-13-12-14-16-30)33-24(6)23(5)27(9)35(29(33)11)34-25(7)21(3)20(2)22(4)26(34)8/h12-18H,1-11H3. The third-order valence-corrected chi connectivity index (χ3v) is 8.88. The molecule has 0 aliphatic rings. The van der Waals surface area contributed by atoms with Gasteiger partial charge in [-0.05, 0) is 171 Å². The van der Waals surface area contributed by atoms with E-state index in [1.807, 2.05) is 0 Å². The molecule has 4 rings (SSSR count). The van der Waals surface area contributed by atoms with E-state index in [0.29, 0.717) is 0 Å². The highest BCUT2D eigenvalue weighted by atomic mass is 14.3. The average Bonchev–Trinajstić information content (AvgIpc) is 2.84. The maximum Gasteiger partial charge on any atom is -0.0111 e. The van der Waals surface area contributed by atoms with E-state index in [0.717, 1.165) is 0 Å². The summed E-state index contributed by atoms with van der Waals surface area (Å²) in [5.74, 6) is 0. The number of hydrogen-bond acceptors (Lipinski definition) is 0. The Bertz CT molecular complexity index is 1430. The second-order valence-electron chi connectivity index (χ2n) is 10.5. The highest BCUT2D eigenvalue weighted by Gasteiger charge is 2.23. The van der Waals surface area contributed by atoms with Gasteiger partial charge in [-0.25, -0.2) is 0 Å². The second-order valence-corrected chi connectivity index (χ2v) is 10.5. The molecule has 0 atom stereocenters. The van der Waals surface area contributed by atoms with Gasteiger partial charge in [0.05, 0.1) is 0 Å². The molecule has 0 heteroatoms. The molecule has 0 saturated heterocycles. The molecule has 0 bridgehead atoms. The molecule has 0 unspecified atom stereocenters. The molecule has 4 aromatic rings. The first-order valence-corrected chi connectivity index (χ1v) is 12.8. The molecule has 0 amide bonds. The predicted molar refractivity (Wildman–Crippen MR) is 155 cm³/mol. The van der Waals surface area contributed by atoms with Crippen LogP contribution in [0.3, 0.4) is 0 Å². The summed E-state index contributed by atoms with van der Waals surface area (Å²) in [4.78, 5) is 0. The van der Waals surface area contributed by atoms with Crippen LogP contribution in [-0.4, -0.2) is 0 Å². The van der Waals surface area contributed by atoms with Crippen molar-refractivity contribution >= 4 is 0 Å². The number of benzene rings is 4. The van der Waals surface area contributed by atoms with Crippen LogP contribution in [0.1, 0.15) is 61.2 Å². The SMILES string of the molecule is Cc1ccc(-c2c(C)c(C)c(C)c(-c3c(C)c(C)c(C)c(C)c3C)c2C)c(C)c1-c1ccccc1. The zero-order chi connectivity index (χ0) is 25.8. The van der Waals surface area contributed by atoms with Crippen LogP contribution in [0.15, 0.2) is 42.5 Å². The van der Waals surface area contributed by atoms with Crippen molar-refractivity contribution in [1.82, 2.24) is 0 Å². The molecule has 0 aliphatic carbocycles. The Balaban J connectivity index is 2.12. The second kappa shape index (κ2) is 9.15. The van der Waals surface area contributed by atoms with Crippen LogP contribution in [0.5, 0.6) is 0 Å². The first-order valence-electron chi connectivity index (χ1n) is 12.8. The van der Waals surface area contributed by atoms with Crippen LogP contribution in [-0.2, 0) is 0 Å². The maximum absolute atomic E-state index is 2.34. The van der Waals surface area contributed by atoms with Gasteiger partial charge in [0.25, 0.3) is 0 Å². The normalized spacial score (nSPS) is 11.3. The Kier molecular flexibility index (Phi) is 6.54. The van der Waals surface area contributed by atoms with Crippen LogP contribution in [0.4, 0.5) is 0 Å². The van der Waals surface area contributed by atoms with Gasteiger partial charge >= 0.3 is 0 Å². The summed E-state index contributed by atoms with van der Waals surface area (Å²) in [6, 6.07) is 15.5. The summed E-state index contributed by atoms with van der Waals surface area (Å²) in [5, 5.41) is 0. The summed E-state index contributed by atoms with van der Waals surface area (Å²) >= 11 is 0. The van der Waals surface area contributed by atoms with Gasteiger partial charge in [-0.2, -0.15) is 0 Å². The van der Waals surface area contributed by atoms with E-state index < -0.39 is 0 Å². The molecule has 4 aromatic carbocycles. The lowest BCUT2D eigenvalue weighted by atomic mass is 9.77. The molecule has 0 aliphatic heterocycles. The molecule has 0 fully saturated rings. The molecule has 0 spiro atoms. The van der Waals surface area contributed by atoms with Crippen LogP contribution >= 0.6 is 0 Å². The zero-order valence-corrected chi connectivity index (χ0v) is 23.5. The van der Waals surface area contributed by atoms with Crippen molar-refractivity contribution in [1.29, 1.82) is 0 Å². The quantitative estimate of drug-likeness (QED) is 0.285. The first-order chi connectivity index (χ1) is 16.5. The van der Waals surface area contributed by atoms with E-state index in [4.69, 9.17) is 0 Å². The number of rotatable bonds is 3. The van der Waals surface area contributed by atoms with E-state index in [-0.39, 0.29) is 0 Å². The Morgan fingerprint density at radius 2 is 0.743 bits per heavy atom. The van der Waals surface area contributed by atoms with Crippen molar-refractivity contribution in [2.75, 3.05) is 0 Å². The molecule has 180 valence electrons. The Labute approximate surface area is 213 Å². The minimum atomic E-state index is 1.29. The van der Waals surface area contributed by atoms with E-state index in [2.05, 4.69) is 119 Å². The fourth-order valence-corrected chi connectivity index (χ4v) is 6.16. The average molecular weight is 461 g/mol. The molecule has 0 saturated carbocycles. The maximum atomic E-state index is 2.34. The lowest BCUT2D eigenvalue weighted by molar-refractivity contribution is 1.16. The van der Waals surface area contributed by atoms with E-state index in [9.17, 15) is 0 Å². The molecular weight excluding hydrogens is 420 g/mol. The predicted octanol–water partition coefficient (Wildman–Crippen LogP) is 10.1. The fraction of sp³-hybridized carbons (Fsp3) is 0.314. The van der Waals surface area contributed by atoms with Gasteiger partial charge in [-0.15, -0.1) is 0 Å². The van der Waals surface area contributed by atoms with Gasteiger partial charge in [0.15, 0.2) is 0 Å². The summed E-state index contributed by atoms with van der Waals surface area (Å²) in [6.07, 6.45) is 0. The van der Waals surface area contributed by atoms with Gasteiger partial charge in [0.2, 0.25) is 0 Å². The van der Waals surface area contributed by atoms with Gasteiger partial charge < -0.3 is 0 Å². The van der Waals surface area contributed by atoms with E-state index in [1.54, 1.807) is 0 Å². The van der Waals surface area contributed by atoms with Gasteiger partial charge in [0.1, 0.15) is 0 Å². The lowest BCUT2D eigenvalue weighted by Crippen LogP contribution is -2.06. The minimum absolute atomic E-state index is 1.29. The Morgan fingerprint density at radius 1 is 0.314 bits per heavy atom.